The van der Waals surface area contributed by atoms with E-state index >= 15 is 0 Å². The van der Waals surface area contributed by atoms with E-state index in [4.69, 9.17) is 8.83 Å². The summed E-state index contributed by atoms with van der Waals surface area (Å²) in [6.45, 7) is 8.63. The monoisotopic (exact) mass is 359 g/mol. The van der Waals surface area contributed by atoms with Crippen LogP contribution in [0.3, 0.4) is 0 Å². The van der Waals surface area contributed by atoms with Crippen molar-refractivity contribution in [2.24, 2.45) is 0 Å². The molecule has 2 aromatic heterocycles. The Labute approximate surface area is 153 Å². The van der Waals surface area contributed by atoms with Crippen molar-refractivity contribution >= 4 is 11.8 Å². The third kappa shape index (κ3) is 3.66. The maximum Gasteiger partial charge on any atom is 0.289 e. The van der Waals surface area contributed by atoms with E-state index in [0.29, 0.717) is 31.3 Å². The highest BCUT2D eigenvalue weighted by Gasteiger charge is 2.34. The maximum atomic E-state index is 12.7. The number of aryl methyl sites for hydroxylation is 3. The topological polar surface area (TPSA) is 79.8 Å². The van der Waals surface area contributed by atoms with Gasteiger partial charge in [-0.3, -0.25) is 9.59 Å². The summed E-state index contributed by atoms with van der Waals surface area (Å²) in [4.78, 5) is 32.6. The zero-order chi connectivity index (χ0) is 18.8. The Morgan fingerprint density at radius 1 is 1.35 bits per heavy atom. The summed E-state index contributed by atoms with van der Waals surface area (Å²) >= 11 is 0. The van der Waals surface area contributed by atoms with E-state index in [9.17, 15) is 9.59 Å². The molecular formula is C19H25N3O4. The Balaban J connectivity index is 1.69. The standard InChI is InChI=1S/C19H25N3O4/c1-5-16-9-20-17(26-16)11-22(14(4)23)15-6-7-21(10-15)19(24)18-12(2)8-13(3)25-18/h8-9,15H,5-7,10-11H2,1-4H3. The summed E-state index contributed by atoms with van der Waals surface area (Å²) in [5, 5.41) is 0. The Bertz CT molecular complexity index is 808. The van der Waals surface area contributed by atoms with Crippen molar-refractivity contribution in [2.75, 3.05) is 13.1 Å². The number of hydrogen-bond donors (Lipinski definition) is 0. The molecule has 1 saturated heterocycles. The molecule has 2 amide bonds. The number of aromatic nitrogens is 1. The van der Waals surface area contributed by atoms with Crippen LogP contribution in [0.2, 0.25) is 0 Å². The van der Waals surface area contributed by atoms with Crippen LogP contribution in [-0.4, -0.2) is 45.7 Å². The zero-order valence-corrected chi connectivity index (χ0v) is 15.7. The van der Waals surface area contributed by atoms with Gasteiger partial charge in [0.2, 0.25) is 11.8 Å². The fourth-order valence-electron chi connectivity index (χ4n) is 3.41. The van der Waals surface area contributed by atoms with Gasteiger partial charge < -0.3 is 18.6 Å². The molecule has 1 aliphatic heterocycles. The van der Waals surface area contributed by atoms with Crippen molar-refractivity contribution in [1.82, 2.24) is 14.8 Å². The molecule has 1 fully saturated rings. The van der Waals surface area contributed by atoms with E-state index in [1.165, 1.54) is 6.92 Å². The van der Waals surface area contributed by atoms with E-state index < -0.39 is 0 Å². The lowest BCUT2D eigenvalue weighted by molar-refractivity contribution is -0.132. The van der Waals surface area contributed by atoms with Crippen LogP contribution in [0.15, 0.2) is 21.1 Å². The van der Waals surface area contributed by atoms with Crippen LogP contribution >= 0.6 is 0 Å². The predicted octanol–water partition coefficient (Wildman–Crippen LogP) is 2.71. The molecule has 0 radical (unpaired) electrons. The number of amides is 2. The summed E-state index contributed by atoms with van der Waals surface area (Å²) in [6, 6.07) is 1.81. The molecule has 0 aromatic carbocycles. The van der Waals surface area contributed by atoms with E-state index in [0.717, 1.165) is 29.9 Å². The minimum atomic E-state index is -0.119. The Hall–Kier alpha value is -2.57. The molecule has 7 heteroatoms. The first-order valence-corrected chi connectivity index (χ1v) is 8.96. The highest BCUT2D eigenvalue weighted by atomic mass is 16.4. The van der Waals surface area contributed by atoms with E-state index in [1.54, 1.807) is 16.0 Å². The highest BCUT2D eigenvalue weighted by Crippen LogP contribution is 2.23. The largest absolute Gasteiger partial charge is 0.456 e. The molecule has 0 N–H and O–H groups in total. The normalized spacial score (nSPS) is 16.9. The number of nitrogens with zero attached hydrogens (tertiary/aromatic N) is 3. The molecule has 0 spiro atoms. The van der Waals surface area contributed by atoms with Gasteiger partial charge in [-0.25, -0.2) is 4.98 Å². The van der Waals surface area contributed by atoms with Gasteiger partial charge in [-0.05, 0) is 26.3 Å². The summed E-state index contributed by atoms with van der Waals surface area (Å²) in [5.74, 6) is 2.27. The van der Waals surface area contributed by atoms with Gasteiger partial charge in [0.1, 0.15) is 11.5 Å². The van der Waals surface area contributed by atoms with E-state index in [-0.39, 0.29) is 17.9 Å². The molecule has 2 aromatic rings. The Morgan fingerprint density at radius 2 is 2.12 bits per heavy atom. The molecule has 0 saturated carbocycles. The summed E-state index contributed by atoms with van der Waals surface area (Å²) in [6.07, 6.45) is 3.19. The maximum absolute atomic E-state index is 12.7. The van der Waals surface area contributed by atoms with Crippen molar-refractivity contribution in [2.45, 2.75) is 53.1 Å². The number of rotatable bonds is 5. The van der Waals surface area contributed by atoms with Crippen LogP contribution in [0, 0.1) is 13.8 Å². The molecule has 1 aliphatic rings. The second-order valence-corrected chi connectivity index (χ2v) is 6.78. The molecule has 1 unspecified atom stereocenters. The lowest BCUT2D eigenvalue weighted by atomic mass is 10.2. The predicted molar refractivity (Wildman–Crippen MR) is 94.6 cm³/mol. The van der Waals surface area contributed by atoms with Gasteiger partial charge in [0.25, 0.3) is 5.91 Å². The first-order valence-electron chi connectivity index (χ1n) is 8.96. The number of carbonyl (C=O) groups is 2. The quantitative estimate of drug-likeness (QED) is 0.820. The molecule has 0 bridgehead atoms. The molecular weight excluding hydrogens is 334 g/mol. The smallest absolute Gasteiger partial charge is 0.289 e. The summed E-state index contributed by atoms with van der Waals surface area (Å²) in [5.41, 5.74) is 0.839. The average Bonchev–Trinajstić information content (AvgIpc) is 3.31. The summed E-state index contributed by atoms with van der Waals surface area (Å²) in [7, 11) is 0. The van der Waals surface area contributed by atoms with Gasteiger partial charge in [-0.2, -0.15) is 0 Å². The third-order valence-corrected chi connectivity index (χ3v) is 4.79. The van der Waals surface area contributed by atoms with E-state index in [2.05, 4.69) is 4.98 Å². The Kier molecular flexibility index (Phi) is 5.15. The van der Waals surface area contributed by atoms with Crippen molar-refractivity contribution in [3.05, 3.63) is 41.0 Å². The number of oxazole rings is 1. The van der Waals surface area contributed by atoms with Crippen LogP contribution in [-0.2, 0) is 17.8 Å². The van der Waals surface area contributed by atoms with Crippen molar-refractivity contribution in [3.8, 4) is 0 Å². The van der Waals surface area contributed by atoms with Crippen LogP contribution in [0.4, 0.5) is 0 Å². The molecule has 7 nitrogen and oxygen atoms in total. The molecule has 26 heavy (non-hydrogen) atoms. The second kappa shape index (κ2) is 7.35. The van der Waals surface area contributed by atoms with Gasteiger partial charge in [0.15, 0.2) is 5.76 Å². The van der Waals surface area contributed by atoms with Crippen molar-refractivity contribution in [3.63, 3.8) is 0 Å². The van der Waals surface area contributed by atoms with Crippen LogP contribution in [0.25, 0.3) is 0 Å². The second-order valence-electron chi connectivity index (χ2n) is 6.78. The SMILES string of the molecule is CCc1cnc(CN(C(C)=O)C2CCN(C(=O)c3oc(C)cc3C)C2)o1. The first kappa shape index (κ1) is 18.2. The fourth-order valence-corrected chi connectivity index (χ4v) is 3.41. The third-order valence-electron chi connectivity index (χ3n) is 4.79. The molecule has 0 aliphatic carbocycles. The molecule has 1 atom stereocenters. The van der Waals surface area contributed by atoms with Crippen LogP contribution in [0.5, 0.6) is 0 Å². The fraction of sp³-hybridized carbons (Fsp3) is 0.526. The lowest BCUT2D eigenvalue weighted by Gasteiger charge is -2.26. The van der Waals surface area contributed by atoms with Gasteiger partial charge in [0.05, 0.1) is 18.8 Å². The van der Waals surface area contributed by atoms with Crippen LogP contribution in [0.1, 0.15) is 53.8 Å². The summed E-state index contributed by atoms with van der Waals surface area (Å²) < 4.78 is 11.2. The highest BCUT2D eigenvalue weighted by molar-refractivity contribution is 5.93. The first-order chi connectivity index (χ1) is 12.4. The lowest BCUT2D eigenvalue weighted by Crippen LogP contribution is -2.41. The minimum Gasteiger partial charge on any atom is -0.456 e. The minimum absolute atomic E-state index is 0.0504. The molecule has 3 rings (SSSR count). The van der Waals surface area contributed by atoms with Gasteiger partial charge in [-0.15, -0.1) is 0 Å². The average molecular weight is 359 g/mol. The number of furan rings is 1. The Morgan fingerprint density at radius 3 is 2.69 bits per heavy atom. The number of likely N-dealkylation sites (tertiary alicyclic amines) is 1. The molecule has 140 valence electrons. The molecule has 3 heterocycles. The van der Waals surface area contributed by atoms with Gasteiger partial charge in [0, 0.05) is 32.0 Å². The zero-order valence-electron chi connectivity index (χ0n) is 15.7. The van der Waals surface area contributed by atoms with Crippen molar-refractivity contribution < 1.29 is 18.4 Å². The van der Waals surface area contributed by atoms with E-state index in [1.807, 2.05) is 26.8 Å². The van der Waals surface area contributed by atoms with Crippen LogP contribution < -0.4 is 0 Å². The van der Waals surface area contributed by atoms with Crippen molar-refractivity contribution in [1.29, 1.82) is 0 Å². The number of hydrogen-bond acceptors (Lipinski definition) is 5. The number of carbonyl (C=O) groups excluding carboxylic acids is 2. The van der Waals surface area contributed by atoms with Gasteiger partial charge in [-0.1, -0.05) is 6.92 Å². The van der Waals surface area contributed by atoms with Gasteiger partial charge >= 0.3 is 0 Å².